The van der Waals surface area contributed by atoms with Gasteiger partial charge in [-0.25, -0.2) is 9.97 Å². The number of nitrogens with zero attached hydrogens (tertiary/aromatic N) is 2. The third-order valence-electron chi connectivity index (χ3n) is 2.31. The Morgan fingerprint density at radius 2 is 2.13 bits per heavy atom. The zero-order chi connectivity index (χ0) is 10.1. The standard InChI is InChI=1S/C12H8N2O/c1-2-12(15-5-1)9-3-4-11-10(6-9)7-13-8-14-11/h1-8H. The van der Waals surface area contributed by atoms with Crippen molar-refractivity contribution >= 4 is 10.9 Å². The van der Waals surface area contributed by atoms with Gasteiger partial charge in [0.2, 0.25) is 0 Å². The second-order valence-electron chi connectivity index (χ2n) is 3.27. The van der Waals surface area contributed by atoms with Crippen molar-refractivity contribution < 1.29 is 4.42 Å². The molecule has 2 aromatic heterocycles. The summed E-state index contributed by atoms with van der Waals surface area (Å²) in [6.07, 6.45) is 5.02. The molecule has 0 N–H and O–H groups in total. The van der Waals surface area contributed by atoms with Crippen LogP contribution in [0.3, 0.4) is 0 Å². The molecule has 2 heterocycles. The van der Waals surface area contributed by atoms with E-state index in [9.17, 15) is 0 Å². The van der Waals surface area contributed by atoms with Crippen LogP contribution in [0, 0.1) is 0 Å². The number of aromatic nitrogens is 2. The van der Waals surface area contributed by atoms with E-state index in [0.29, 0.717) is 0 Å². The van der Waals surface area contributed by atoms with Crippen LogP contribution >= 0.6 is 0 Å². The summed E-state index contributed by atoms with van der Waals surface area (Å²) in [7, 11) is 0. The third-order valence-corrected chi connectivity index (χ3v) is 2.31. The Morgan fingerprint density at radius 1 is 1.13 bits per heavy atom. The van der Waals surface area contributed by atoms with Gasteiger partial charge in [-0.3, -0.25) is 0 Å². The van der Waals surface area contributed by atoms with Crippen LogP contribution in [-0.4, -0.2) is 9.97 Å². The van der Waals surface area contributed by atoms with Crippen LogP contribution in [0.1, 0.15) is 0 Å². The molecule has 0 atom stereocenters. The molecule has 3 rings (SSSR count). The molecule has 3 nitrogen and oxygen atoms in total. The van der Waals surface area contributed by atoms with Gasteiger partial charge in [-0.2, -0.15) is 0 Å². The SMILES string of the molecule is c1coc(-c2ccc3ncncc3c2)c1. The van der Waals surface area contributed by atoms with E-state index in [1.54, 1.807) is 18.8 Å². The molecule has 1 aromatic carbocycles. The maximum absolute atomic E-state index is 5.33. The fourth-order valence-electron chi connectivity index (χ4n) is 1.58. The number of hydrogen-bond donors (Lipinski definition) is 0. The van der Waals surface area contributed by atoms with Crippen molar-refractivity contribution in [3.05, 3.63) is 49.1 Å². The van der Waals surface area contributed by atoms with Crippen molar-refractivity contribution in [3.63, 3.8) is 0 Å². The first-order valence-electron chi connectivity index (χ1n) is 4.67. The van der Waals surface area contributed by atoms with Gasteiger partial charge in [-0.05, 0) is 30.3 Å². The van der Waals surface area contributed by atoms with Crippen LogP contribution < -0.4 is 0 Å². The summed E-state index contributed by atoms with van der Waals surface area (Å²) in [5.74, 6) is 0.862. The van der Waals surface area contributed by atoms with Gasteiger partial charge in [0.25, 0.3) is 0 Å². The van der Waals surface area contributed by atoms with Crippen LogP contribution in [0.5, 0.6) is 0 Å². The molecule has 0 aliphatic carbocycles. The summed E-state index contributed by atoms with van der Waals surface area (Å²) in [6.45, 7) is 0. The summed E-state index contributed by atoms with van der Waals surface area (Å²) in [5, 5.41) is 1.02. The van der Waals surface area contributed by atoms with E-state index in [1.165, 1.54) is 0 Å². The third kappa shape index (κ3) is 1.38. The lowest BCUT2D eigenvalue weighted by molar-refractivity contribution is 0.582. The predicted molar refractivity (Wildman–Crippen MR) is 57.2 cm³/mol. The zero-order valence-electron chi connectivity index (χ0n) is 7.92. The van der Waals surface area contributed by atoms with E-state index in [4.69, 9.17) is 4.42 Å². The molecule has 0 bridgehead atoms. The number of rotatable bonds is 1. The fraction of sp³-hybridized carbons (Fsp3) is 0. The highest BCUT2D eigenvalue weighted by atomic mass is 16.3. The van der Waals surface area contributed by atoms with Gasteiger partial charge in [0.05, 0.1) is 11.8 Å². The summed E-state index contributed by atoms with van der Waals surface area (Å²) < 4.78 is 5.33. The molecule has 3 aromatic rings. The van der Waals surface area contributed by atoms with Crippen LogP contribution in [0.4, 0.5) is 0 Å². The molecule has 0 amide bonds. The minimum atomic E-state index is 0.862. The highest BCUT2D eigenvalue weighted by molar-refractivity contribution is 5.82. The quantitative estimate of drug-likeness (QED) is 0.600. The maximum atomic E-state index is 5.33. The van der Waals surface area contributed by atoms with E-state index >= 15 is 0 Å². The van der Waals surface area contributed by atoms with Gasteiger partial charge in [0, 0.05) is 17.1 Å². The van der Waals surface area contributed by atoms with Gasteiger partial charge in [-0.15, -0.1) is 0 Å². The second-order valence-corrected chi connectivity index (χ2v) is 3.27. The topological polar surface area (TPSA) is 38.9 Å². The highest BCUT2D eigenvalue weighted by Crippen LogP contribution is 2.23. The first kappa shape index (κ1) is 8.17. The molecular formula is C12H8N2O. The van der Waals surface area contributed by atoms with Gasteiger partial charge in [-0.1, -0.05) is 0 Å². The van der Waals surface area contributed by atoms with E-state index in [-0.39, 0.29) is 0 Å². The van der Waals surface area contributed by atoms with Crippen LogP contribution in [-0.2, 0) is 0 Å². The van der Waals surface area contributed by atoms with Gasteiger partial charge < -0.3 is 4.42 Å². The minimum absolute atomic E-state index is 0.862. The highest BCUT2D eigenvalue weighted by Gasteiger charge is 2.01. The molecule has 0 unspecified atom stereocenters. The van der Waals surface area contributed by atoms with Crippen LogP contribution in [0.15, 0.2) is 53.5 Å². The number of furan rings is 1. The molecule has 0 fully saturated rings. The van der Waals surface area contributed by atoms with Gasteiger partial charge >= 0.3 is 0 Å². The van der Waals surface area contributed by atoms with Crippen molar-refractivity contribution in [2.75, 3.05) is 0 Å². The average molecular weight is 196 g/mol. The summed E-state index contributed by atoms with van der Waals surface area (Å²) >= 11 is 0. The monoisotopic (exact) mass is 196 g/mol. The second kappa shape index (κ2) is 3.20. The lowest BCUT2D eigenvalue weighted by Crippen LogP contribution is -1.81. The smallest absolute Gasteiger partial charge is 0.133 e. The first-order valence-corrected chi connectivity index (χ1v) is 4.67. The minimum Gasteiger partial charge on any atom is -0.464 e. The van der Waals surface area contributed by atoms with Crippen molar-refractivity contribution in [2.24, 2.45) is 0 Å². The molecule has 0 saturated carbocycles. The molecule has 0 radical (unpaired) electrons. The number of hydrogen-bond acceptors (Lipinski definition) is 3. The molecule has 72 valence electrons. The van der Waals surface area contributed by atoms with E-state index in [1.807, 2.05) is 30.3 Å². The van der Waals surface area contributed by atoms with Crippen LogP contribution in [0.2, 0.25) is 0 Å². The Balaban J connectivity index is 2.22. The van der Waals surface area contributed by atoms with Crippen molar-refractivity contribution in [3.8, 4) is 11.3 Å². The Morgan fingerprint density at radius 3 is 3.00 bits per heavy atom. The lowest BCUT2D eigenvalue weighted by Gasteiger charge is -1.99. The van der Waals surface area contributed by atoms with Crippen molar-refractivity contribution in [1.82, 2.24) is 9.97 Å². The first-order chi connectivity index (χ1) is 7.43. The Labute approximate surface area is 86.4 Å². The molecule has 15 heavy (non-hydrogen) atoms. The Kier molecular flexibility index (Phi) is 1.75. The Bertz CT molecular complexity index is 587. The summed E-state index contributed by atoms with van der Waals surface area (Å²) in [5.41, 5.74) is 1.99. The molecule has 3 heteroatoms. The van der Waals surface area contributed by atoms with E-state index in [2.05, 4.69) is 9.97 Å². The number of benzene rings is 1. The van der Waals surface area contributed by atoms with E-state index in [0.717, 1.165) is 22.2 Å². The molecule has 0 spiro atoms. The van der Waals surface area contributed by atoms with Gasteiger partial charge in [0.15, 0.2) is 0 Å². The van der Waals surface area contributed by atoms with Crippen LogP contribution in [0.25, 0.3) is 22.2 Å². The van der Waals surface area contributed by atoms with Crippen molar-refractivity contribution in [2.45, 2.75) is 0 Å². The zero-order valence-corrected chi connectivity index (χ0v) is 7.92. The normalized spacial score (nSPS) is 10.7. The maximum Gasteiger partial charge on any atom is 0.133 e. The summed E-state index contributed by atoms with van der Waals surface area (Å²) in [6, 6.07) is 9.79. The van der Waals surface area contributed by atoms with E-state index < -0.39 is 0 Å². The summed E-state index contributed by atoms with van der Waals surface area (Å²) in [4.78, 5) is 8.16. The molecule has 0 saturated heterocycles. The molecule has 0 aliphatic rings. The lowest BCUT2D eigenvalue weighted by atomic mass is 10.1. The average Bonchev–Trinajstić information content (AvgIpc) is 2.82. The molecule has 0 aliphatic heterocycles. The fourth-order valence-corrected chi connectivity index (χ4v) is 1.58. The van der Waals surface area contributed by atoms with Gasteiger partial charge in [0.1, 0.15) is 12.1 Å². The Hall–Kier alpha value is -2.16. The molecular weight excluding hydrogens is 188 g/mol. The number of fused-ring (bicyclic) bond motifs is 1. The largest absolute Gasteiger partial charge is 0.464 e. The van der Waals surface area contributed by atoms with Crippen molar-refractivity contribution in [1.29, 1.82) is 0 Å². The predicted octanol–water partition coefficient (Wildman–Crippen LogP) is 2.89.